The van der Waals surface area contributed by atoms with Crippen LogP contribution in [0.25, 0.3) is 10.9 Å². The predicted octanol–water partition coefficient (Wildman–Crippen LogP) is 3.95. The highest BCUT2D eigenvalue weighted by Crippen LogP contribution is 2.27. The van der Waals surface area contributed by atoms with Gasteiger partial charge in [-0.1, -0.05) is 42.6 Å². The van der Waals surface area contributed by atoms with Gasteiger partial charge in [0.25, 0.3) is 5.56 Å². The van der Waals surface area contributed by atoms with Gasteiger partial charge in [-0.15, -0.1) is 0 Å². The molecule has 27 heavy (non-hydrogen) atoms. The normalized spacial score (nSPS) is 19.9. The highest BCUT2D eigenvalue weighted by Gasteiger charge is 2.28. The van der Waals surface area contributed by atoms with Crippen molar-refractivity contribution >= 4 is 26.8 Å². The quantitative estimate of drug-likeness (QED) is 0.747. The number of aromatic nitrogens is 2. The van der Waals surface area contributed by atoms with Crippen LogP contribution in [0.4, 0.5) is 0 Å². The number of fused-ring (bicyclic) bond motifs is 1. The molecule has 1 fully saturated rings. The zero-order valence-corrected chi connectivity index (χ0v) is 18.3. The van der Waals surface area contributed by atoms with Crippen molar-refractivity contribution < 1.29 is 0 Å². The van der Waals surface area contributed by atoms with Crippen LogP contribution in [0.2, 0.25) is 0 Å². The van der Waals surface area contributed by atoms with Crippen molar-refractivity contribution in [1.29, 1.82) is 0 Å². The van der Waals surface area contributed by atoms with Crippen LogP contribution in [0.1, 0.15) is 51.9 Å². The second-order valence-electron chi connectivity index (χ2n) is 7.46. The van der Waals surface area contributed by atoms with Crippen molar-refractivity contribution in [3.63, 3.8) is 0 Å². The highest BCUT2D eigenvalue weighted by atomic mass is 79.9. The molecule has 1 aliphatic heterocycles. The number of halogens is 1. The fraction of sp³-hybridized carbons (Fsp3) is 0.619. The van der Waals surface area contributed by atoms with Crippen LogP contribution in [0.5, 0.6) is 0 Å². The van der Waals surface area contributed by atoms with Crippen LogP contribution in [0.3, 0.4) is 0 Å². The lowest BCUT2D eigenvalue weighted by Crippen LogP contribution is -2.38. The minimum absolute atomic E-state index is 0.0693. The first-order valence-electron chi connectivity index (χ1n) is 10.2. The van der Waals surface area contributed by atoms with E-state index in [2.05, 4.69) is 40.0 Å². The van der Waals surface area contributed by atoms with E-state index in [4.69, 9.17) is 4.98 Å². The van der Waals surface area contributed by atoms with E-state index in [1.165, 1.54) is 6.42 Å². The molecule has 0 aliphatic carbocycles. The van der Waals surface area contributed by atoms with Gasteiger partial charge in [-0.2, -0.15) is 0 Å². The van der Waals surface area contributed by atoms with E-state index in [0.717, 1.165) is 54.8 Å². The predicted molar refractivity (Wildman–Crippen MR) is 115 cm³/mol. The van der Waals surface area contributed by atoms with Crippen molar-refractivity contribution in [2.75, 3.05) is 26.2 Å². The van der Waals surface area contributed by atoms with Gasteiger partial charge in [-0.3, -0.25) is 14.3 Å². The van der Waals surface area contributed by atoms with Gasteiger partial charge in [0.1, 0.15) is 5.82 Å². The monoisotopic (exact) mass is 434 g/mol. The van der Waals surface area contributed by atoms with Crippen LogP contribution in [-0.2, 0) is 6.54 Å². The molecule has 0 unspecified atom stereocenters. The van der Waals surface area contributed by atoms with Crippen LogP contribution >= 0.6 is 15.9 Å². The summed E-state index contributed by atoms with van der Waals surface area (Å²) in [5, 5.41) is 4.26. The summed E-state index contributed by atoms with van der Waals surface area (Å²) in [5.74, 6) is 1.57. The second-order valence-corrected chi connectivity index (χ2v) is 8.37. The van der Waals surface area contributed by atoms with E-state index in [0.29, 0.717) is 17.8 Å². The second kappa shape index (κ2) is 9.30. The summed E-state index contributed by atoms with van der Waals surface area (Å²) in [6, 6.07) is 5.99. The van der Waals surface area contributed by atoms with Crippen LogP contribution < -0.4 is 10.9 Å². The molecule has 3 rings (SSSR count). The topological polar surface area (TPSA) is 50.2 Å². The molecule has 0 spiro atoms. The molecule has 2 heterocycles. The van der Waals surface area contributed by atoms with Crippen molar-refractivity contribution in [3.05, 3.63) is 38.9 Å². The molecule has 6 heteroatoms. The first-order valence-corrected chi connectivity index (χ1v) is 11.0. The maximum absolute atomic E-state index is 13.2. The first kappa shape index (κ1) is 20.5. The Balaban J connectivity index is 2.10. The molecule has 1 aromatic heterocycles. The van der Waals surface area contributed by atoms with E-state index >= 15 is 0 Å². The third-order valence-corrected chi connectivity index (χ3v) is 6.13. The minimum atomic E-state index is 0.0693. The largest absolute Gasteiger partial charge is 0.315 e. The average Bonchev–Trinajstić information content (AvgIpc) is 2.92. The Bertz CT molecular complexity index is 835. The van der Waals surface area contributed by atoms with Crippen molar-refractivity contribution in [1.82, 2.24) is 19.8 Å². The lowest BCUT2D eigenvalue weighted by atomic mass is 10.0. The molecule has 1 aliphatic rings. The van der Waals surface area contributed by atoms with Gasteiger partial charge >= 0.3 is 0 Å². The number of nitrogens with zero attached hydrogens (tertiary/aromatic N) is 3. The summed E-state index contributed by atoms with van der Waals surface area (Å²) in [6.45, 7) is 11.3. The molecular weight excluding hydrogens is 404 g/mol. The summed E-state index contributed by atoms with van der Waals surface area (Å²) in [5.41, 5.74) is 0.865. The molecule has 0 bridgehead atoms. The maximum atomic E-state index is 13.2. The van der Waals surface area contributed by atoms with Crippen molar-refractivity contribution in [2.45, 2.75) is 52.6 Å². The molecule has 0 radical (unpaired) electrons. The fourth-order valence-corrected chi connectivity index (χ4v) is 4.45. The van der Waals surface area contributed by atoms with E-state index in [1.807, 2.05) is 29.7 Å². The zero-order valence-electron chi connectivity index (χ0n) is 16.7. The molecule has 0 amide bonds. The minimum Gasteiger partial charge on any atom is -0.315 e. The zero-order chi connectivity index (χ0) is 19.4. The van der Waals surface area contributed by atoms with Gasteiger partial charge < -0.3 is 5.32 Å². The molecule has 5 nitrogen and oxygen atoms in total. The molecule has 1 aromatic carbocycles. The van der Waals surface area contributed by atoms with E-state index in [1.54, 1.807) is 0 Å². The van der Waals surface area contributed by atoms with E-state index in [9.17, 15) is 4.79 Å². The summed E-state index contributed by atoms with van der Waals surface area (Å²) in [4.78, 5) is 20.7. The Labute approximate surface area is 170 Å². The van der Waals surface area contributed by atoms with E-state index in [-0.39, 0.29) is 11.6 Å². The lowest BCUT2D eigenvalue weighted by molar-refractivity contribution is 0.163. The van der Waals surface area contributed by atoms with Gasteiger partial charge in [0, 0.05) is 30.7 Å². The van der Waals surface area contributed by atoms with Gasteiger partial charge in [0.2, 0.25) is 0 Å². The fourth-order valence-electron chi connectivity index (χ4n) is 4.09. The SMILES string of the molecule is CCC[C@H](c1nc2ccc(Br)cc2c(=O)n1CC)N1CCNC[C@H](CC)C1. The highest BCUT2D eigenvalue weighted by molar-refractivity contribution is 9.10. The van der Waals surface area contributed by atoms with Gasteiger partial charge in [0.05, 0.1) is 16.9 Å². The number of hydrogen-bond acceptors (Lipinski definition) is 4. The molecule has 2 atom stereocenters. The Kier molecular flexibility index (Phi) is 7.06. The van der Waals surface area contributed by atoms with E-state index < -0.39 is 0 Å². The van der Waals surface area contributed by atoms with Gasteiger partial charge in [-0.05, 0) is 44.0 Å². The summed E-state index contributed by atoms with van der Waals surface area (Å²) >= 11 is 3.48. The molecular formula is C21H31BrN4O. The molecule has 148 valence electrons. The average molecular weight is 435 g/mol. The summed E-state index contributed by atoms with van der Waals surface area (Å²) < 4.78 is 2.80. The molecule has 0 saturated carbocycles. The number of hydrogen-bond donors (Lipinski definition) is 1. The Morgan fingerprint density at radius 2 is 2.15 bits per heavy atom. The molecule has 1 N–H and O–H groups in total. The molecule has 1 saturated heterocycles. The van der Waals surface area contributed by atoms with Crippen molar-refractivity contribution in [3.8, 4) is 0 Å². The van der Waals surface area contributed by atoms with Crippen LogP contribution in [0.15, 0.2) is 27.5 Å². The first-order chi connectivity index (χ1) is 13.1. The third kappa shape index (κ3) is 4.44. The Morgan fingerprint density at radius 3 is 2.85 bits per heavy atom. The summed E-state index contributed by atoms with van der Waals surface area (Å²) in [6.07, 6.45) is 3.26. The number of nitrogens with one attached hydrogen (secondary N) is 1. The van der Waals surface area contributed by atoms with Gasteiger partial charge in [-0.25, -0.2) is 4.98 Å². The molecule has 2 aromatic rings. The smallest absolute Gasteiger partial charge is 0.261 e. The van der Waals surface area contributed by atoms with Crippen LogP contribution in [0, 0.1) is 5.92 Å². The standard InChI is InChI=1S/C21H31BrN4O/c1-4-7-19(25-11-10-23-13-15(5-2)14-25)20-24-18-9-8-16(22)12-17(18)21(27)26(20)6-3/h8-9,12,15,19,23H,4-7,10-11,13-14H2,1-3H3/t15-,19+/m0/s1. The Hall–Kier alpha value is -1.24. The third-order valence-electron chi connectivity index (χ3n) is 5.64. The maximum Gasteiger partial charge on any atom is 0.261 e. The number of rotatable bonds is 6. The van der Waals surface area contributed by atoms with Crippen LogP contribution in [-0.4, -0.2) is 40.6 Å². The summed E-state index contributed by atoms with van der Waals surface area (Å²) in [7, 11) is 0. The van der Waals surface area contributed by atoms with Gasteiger partial charge in [0.15, 0.2) is 0 Å². The lowest BCUT2D eigenvalue weighted by Gasteiger charge is -2.33. The Morgan fingerprint density at radius 1 is 1.33 bits per heavy atom. The van der Waals surface area contributed by atoms with Crippen molar-refractivity contribution in [2.24, 2.45) is 5.92 Å². The number of benzene rings is 1.